The second-order valence-electron chi connectivity index (χ2n) is 12.0. The molecule has 0 radical (unpaired) electrons. The van der Waals surface area contributed by atoms with Gasteiger partial charge < -0.3 is 29.2 Å². The molecule has 0 spiro atoms. The Balaban J connectivity index is 1.49. The fraction of sp³-hybridized carbons (Fsp3) is 0.484. The Morgan fingerprint density at radius 3 is 2.51 bits per heavy atom. The summed E-state index contributed by atoms with van der Waals surface area (Å²) >= 11 is 0. The molecule has 0 amide bonds. The highest BCUT2D eigenvalue weighted by Crippen LogP contribution is 2.54. The lowest BCUT2D eigenvalue weighted by molar-refractivity contribution is -0.138. The van der Waals surface area contributed by atoms with Crippen molar-refractivity contribution in [1.29, 1.82) is 0 Å². The van der Waals surface area contributed by atoms with E-state index >= 15 is 0 Å². The zero-order chi connectivity index (χ0) is 26.7. The molecule has 2 aromatic carbocycles. The Morgan fingerprint density at radius 2 is 1.84 bits per heavy atom. The number of aromatic nitrogens is 1. The van der Waals surface area contributed by atoms with Crippen molar-refractivity contribution in [2.24, 2.45) is 18.4 Å². The fourth-order valence-corrected chi connectivity index (χ4v) is 6.61. The smallest absolute Gasteiger partial charge is 0.164 e. The summed E-state index contributed by atoms with van der Waals surface area (Å²) in [5.41, 5.74) is 4.63. The highest BCUT2D eigenvalue weighted by atomic mass is 16.5. The summed E-state index contributed by atoms with van der Waals surface area (Å²) < 4.78 is 14.4. The van der Waals surface area contributed by atoms with Gasteiger partial charge in [-0.15, -0.1) is 0 Å². The molecule has 6 nitrogen and oxygen atoms in total. The number of phenolic OH excluding ortho intramolecular Hbond substituents is 1. The molecule has 2 heterocycles. The number of methoxy groups -OCH3 is 1. The van der Waals surface area contributed by atoms with E-state index in [1.54, 1.807) is 13.2 Å². The summed E-state index contributed by atoms with van der Waals surface area (Å²) in [6.07, 6.45) is 8.16. The molecule has 198 valence electrons. The van der Waals surface area contributed by atoms with Crippen molar-refractivity contribution in [2.45, 2.75) is 58.3 Å². The van der Waals surface area contributed by atoms with Crippen molar-refractivity contribution in [3.8, 4) is 17.2 Å². The van der Waals surface area contributed by atoms with E-state index in [0.29, 0.717) is 12.2 Å². The molecule has 1 saturated carbocycles. The lowest BCUT2D eigenvalue weighted by Gasteiger charge is -2.55. The Morgan fingerprint density at radius 1 is 1.14 bits per heavy atom. The van der Waals surface area contributed by atoms with Crippen LogP contribution in [0.15, 0.2) is 30.5 Å². The number of aliphatic hydroxyl groups is 1. The number of rotatable bonds is 5. The SMILES string of the molecule is COc1cc(C=Cc2cc(O)c3c(c2)C[C@@H]2C(C)(C)[C@H](O)CC[C@@]2(C)O3)cc2c1c(CN(C)C)cn2C. The van der Waals surface area contributed by atoms with Crippen LogP contribution in [0.1, 0.15) is 55.9 Å². The van der Waals surface area contributed by atoms with E-state index in [0.717, 1.165) is 52.7 Å². The first-order chi connectivity index (χ1) is 17.4. The van der Waals surface area contributed by atoms with Crippen LogP contribution >= 0.6 is 0 Å². The number of nitrogens with zero attached hydrogens (tertiary/aromatic N) is 2. The molecule has 0 bridgehead atoms. The predicted molar refractivity (Wildman–Crippen MR) is 149 cm³/mol. The number of phenols is 1. The van der Waals surface area contributed by atoms with Crippen LogP contribution in [0.2, 0.25) is 0 Å². The van der Waals surface area contributed by atoms with E-state index in [9.17, 15) is 10.2 Å². The van der Waals surface area contributed by atoms with Crippen LogP contribution in [0, 0.1) is 11.3 Å². The number of hydrogen-bond acceptors (Lipinski definition) is 5. The van der Waals surface area contributed by atoms with Crippen LogP contribution in [-0.4, -0.2) is 52.6 Å². The summed E-state index contributed by atoms with van der Waals surface area (Å²) in [5, 5.41) is 22.8. The van der Waals surface area contributed by atoms with Crippen LogP contribution < -0.4 is 9.47 Å². The number of aliphatic hydroxyl groups excluding tert-OH is 1. The molecular formula is C31H40N2O4. The van der Waals surface area contributed by atoms with Gasteiger partial charge in [0.2, 0.25) is 0 Å². The van der Waals surface area contributed by atoms with Gasteiger partial charge in [-0.1, -0.05) is 26.0 Å². The van der Waals surface area contributed by atoms with Gasteiger partial charge in [-0.25, -0.2) is 0 Å². The van der Waals surface area contributed by atoms with Gasteiger partial charge >= 0.3 is 0 Å². The van der Waals surface area contributed by atoms with Crippen molar-refractivity contribution in [3.63, 3.8) is 0 Å². The van der Waals surface area contributed by atoms with Crippen molar-refractivity contribution in [2.75, 3.05) is 21.2 Å². The molecule has 1 aliphatic carbocycles. The van der Waals surface area contributed by atoms with Crippen LogP contribution in [0.3, 0.4) is 0 Å². The van der Waals surface area contributed by atoms with Crippen molar-refractivity contribution < 1.29 is 19.7 Å². The highest BCUT2D eigenvalue weighted by molar-refractivity contribution is 5.92. The first kappa shape index (κ1) is 25.7. The van der Waals surface area contributed by atoms with E-state index < -0.39 is 5.60 Å². The molecule has 2 aliphatic rings. The fourth-order valence-electron chi connectivity index (χ4n) is 6.61. The third-order valence-corrected chi connectivity index (χ3v) is 8.67. The summed E-state index contributed by atoms with van der Waals surface area (Å²) in [6.45, 7) is 7.23. The normalized spacial score (nSPS) is 24.8. The summed E-state index contributed by atoms with van der Waals surface area (Å²) in [5.74, 6) is 1.77. The molecular weight excluding hydrogens is 464 g/mol. The van der Waals surface area contributed by atoms with Gasteiger partial charge in [-0.2, -0.15) is 0 Å². The third kappa shape index (κ3) is 4.40. The average molecular weight is 505 g/mol. The van der Waals surface area contributed by atoms with Crippen LogP contribution in [0.5, 0.6) is 17.2 Å². The first-order valence-electron chi connectivity index (χ1n) is 13.1. The molecule has 37 heavy (non-hydrogen) atoms. The monoisotopic (exact) mass is 504 g/mol. The van der Waals surface area contributed by atoms with Crippen LogP contribution in [0.4, 0.5) is 0 Å². The zero-order valence-corrected chi connectivity index (χ0v) is 23.1. The summed E-state index contributed by atoms with van der Waals surface area (Å²) in [7, 11) is 7.92. The number of benzene rings is 2. The molecule has 2 N–H and O–H groups in total. The van der Waals surface area contributed by atoms with Gasteiger partial charge in [0.15, 0.2) is 11.5 Å². The number of ether oxygens (including phenoxy) is 2. The van der Waals surface area contributed by atoms with Gasteiger partial charge in [-0.3, -0.25) is 0 Å². The Kier molecular flexibility index (Phi) is 6.32. The van der Waals surface area contributed by atoms with Crippen LogP contribution in [-0.2, 0) is 20.0 Å². The predicted octanol–water partition coefficient (Wildman–Crippen LogP) is 5.62. The minimum absolute atomic E-state index is 0.162. The first-order valence-corrected chi connectivity index (χ1v) is 13.1. The molecule has 1 fully saturated rings. The highest BCUT2D eigenvalue weighted by Gasteiger charge is 2.54. The molecule has 1 aromatic heterocycles. The van der Waals surface area contributed by atoms with Gasteiger partial charge in [0.1, 0.15) is 11.4 Å². The van der Waals surface area contributed by atoms with E-state index in [1.165, 1.54) is 5.56 Å². The van der Waals surface area contributed by atoms with Crippen molar-refractivity contribution in [1.82, 2.24) is 9.47 Å². The minimum Gasteiger partial charge on any atom is -0.504 e. The van der Waals surface area contributed by atoms with E-state index in [1.807, 2.05) is 6.08 Å². The summed E-state index contributed by atoms with van der Waals surface area (Å²) in [6, 6.07) is 8.12. The number of fused-ring (bicyclic) bond motifs is 3. The largest absolute Gasteiger partial charge is 0.504 e. The number of aryl methyl sites for hydroxylation is 1. The lowest BCUT2D eigenvalue weighted by atomic mass is 9.57. The Hall–Kier alpha value is -2.96. The van der Waals surface area contributed by atoms with Gasteiger partial charge in [0, 0.05) is 31.1 Å². The van der Waals surface area contributed by atoms with Crippen molar-refractivity contribution >= 4 is 23.1 Å². The number of aromatic hydroxyl groups is 1. The van der Waals surface area contributed by atoms with Crippen LogP contribution in [0.25, 0.3) is 23.1 Å². The average Bonchev–Trinajstić information content (AvgIpc) is 3.14. The Labute approximate surface area is 220 Å². The van der Waals surface area contributed by atoms with E-state index in [4.69, 9.17) is 9.47 Å². The molecule has 3 aromatic rings. The van der Waals surface area contributed by atoms with E-state index in [2.05, 4.69) is 81.9 Å². The second-order valence-corrected chi connectivity index (χ2v) is 12.0. The zero-order valence-electron chi connectivity index (χ0n) is 23.1. The maximum absolute atomic E-state index is 10.9. The molecule has 5 rings (SSSR count). The van der Waals surface area contributed by atoms with Gasteiger partial charge in [0.05, 0.1) is 18.7 Å². The van der Waals surface area contributed by atoms with Crippen molar-refractivity contribution in [3.05, 3.63) is 52.7 Å². The Bertz CT molecular complexity index is 1370. The summed E-state index contributed by atoms with van der Waals surface area (Å²) in [4.78, 5) is 2.16. The number of hydrogen-bond donors (Lipinski definition) is 2. The molecule has 0 unspecified atom stereocenters. The molecule has 0 saturated heterocycles. The quantitative estimate of drug-likeness (QED) is 0.442. The molecule has 6 heteroatoms. The third-order valence-electron chi connectivity index (χ3n) is 8.67. The minimum atomic E-state index is -0.392. The standard InChI is InChI=1S/C31H40N2O4/c1-30(2)26-16-21-12-19(14-24(34)29(21)37-31(26,3)11-10-27(30)35)8-9-20-13-23-28(25(15-20)36-7)22(17-32(4)5)18-33(23)6/h8-9,12-15,18,26-27,34-35H,10-11,16-17H2,1-7H3/t26-,27-,31-/m1/s1. The maximum Gasteiger partial charge on any atom is 0.164 e. The lowest BCUT2D eigenvalue weighted by Crippen LogP contribution is -2.58. The maximum atomic E-state index is 10.9. The van der Waals surface area contributed by atoms with Gasteiger partial charge in [0.25, 0.3) is 0 Å². The molecule has 3 atom stereocenters. The van der Waals surface area contributed by atoms with E-state index in [-0.39, 0.29) is 23.2 Å². The second kappa shape index (κ2) is 9.10. The van der Waals surface area contributed by atoms with Gasteiger partial charge in [-0.05, 0) is 92.2 Å². The molecule has 1 aliphatic heterocycles. The topological polar surface area (TPSA) is 67.1 Å².